The van der Waals surface area contributed by atoms with Gasteiger partial charge in [-0.15, -0.1) is 0 Å². The van der Waals surface area contributed by atoms with Gasteiger partial charge in [0.15, 0.2) is 0 Å². The zero-order valence-electron chi connectivity index (χ0n) is 16.7. The molecule has 168 valence electrons. The van der Waals surface area contributed by atoms with Crippen molar-refractivity contribution in [2.75, 3.05) is 17.7 Å². The maximum Gasteiger partial charge on any atom is 0.417 e. The Balaban J connectivity index is 1.57. The number of hydrogen-bond acceptors (Lipinski definition) is 4. The first kappa shape index (κ1) is 23.1. The smallest absolute Gasteiger partial charge is 0.417 e. The van der Waals surface area contributed by atoms with Crippen LogP contribution in [0.5, 0.6) is 5.75 Å². The number of anilines is 2. The second-order valence-electron chi connectivity index (χ2n) is 6.65. The number of urea groups is 1. The number of benzene rings is 2. The van der Waals surface area contributed by atoms with Crippen LogP contribution in [0.2, 0.25) is 5.02 Å². The normalized spacial score (nSPS) is 15.5. The third-order valence-electron chi connectivity index (χ3n) is 4.34. The molecule has 0 spiro atoms. The third kappa shape index (κ3) is 6.01. The first-order valence-corrected chi connectivity index (χ1v) is 9.70. The molecule has 0 radical (unpaired) electrons. The number of carbonyl (C=O) groups is 2. The van der Waals surface area contributed by atoms with E-state index in [0.29, 0.717) is 23.6 Å². The Hall–Kier alpha value is -3.53. The molecule has 11 heteroatoms. The highest BCUT2D eigenvalue weighted by Crippen LogP contribution is 2.36. The Kier molecular flexibility index (Phi) is 7.04. The van der Waals surface area contributed by atoms with E-state index in [2.05, 4.69) is 20.9 Å². The van der Waals surface area contributed by atoms with E-state index in [1.807, 2.05) is 0 Å². The minimum Gasteiger partial charge on any atom is -0.486 e. The maximum absolute atomic E-state index is 12.9. The molecule has 0 fully saturated rings. The fraction of sp³-hybridized carbons (Fsp3) is 0.190. The summed E-state index contributed by atoms with van der Waals surface area (Å²) in [4.78, 5) is 27.8. The van der Waals surface area contributed by atoms with Gasteiger partial charge in [-0.25, -0.2) is 4.79 Å². The molecule has 1 heterocycles. The van der Waals surface area contributed by atoms with Crippen LogP contribution in [0.15, 0.2) is 59.7 Å². The molecule has 0 bridgehead atoms. The van der Waals surface area contributed by atoms with Gasteiger partial charge in [-0.2, -0.15) is 13.2 Å². The average molecular weight is 467 g/mol. The standard InChI is InChI=1S/C21H18ClF3N4O3/c1-26-19(30)18-11-15(8-9-27-18)32-14-5-2-12(3-6-14)28-20(31)29-13-4-7-17(22)16(10-13)21(23,24)25/h2-10,15H,11H2,1H3,(H,26,30)(H2,28,29,31). The van der Waals surface area contributed by atoms with Gasteiger partial charge in [0.05, 0.1) is 10.6 Å². The van der Waals surface area contributed by atoms with Crippen molar-refractivity contribution in [3.05, 3.63) is 65.3 Å². The maximum atomic E-state index is 12.9. The highest BCUT2D eigenvalue weighted by Gasteiger charge is 2.33. The van der Waals surface area contributed by atoms with Gasteiger partial charge < -0.3 is 20.7 Å². The zero-order chi connectivity index (χ0) is 23.3. The van der Waals surface area contributed by atoms with E-state index in [0.717, 1.165) is 12.1 Å². The first-order chi connectivity index (χ1) is 15.2. The molecular weight excluding hydrogens is 449 g/mol. The summed E-state index contributed by atoms with van der Waals surface area (Å²) in [6, 6.07) is 8.71. The van der Waals surface area contributed by atoms with Crippen molar-refractivity contribution in [3.8, 4) is 5.75 Å². The SMILES string of the molecule is CNC(=O)C1=NC=CC(Oc2ccc(NC(=O)Nc3ccc(Cl)c(C(F)(F)F)c3)cc2)C1. The molecule has 0 saturated heterocycles. The predicted molar refractivity (Wildman–Crippen MR) is 115 cm³/mol. The summed E-state index contributed by atoms with van der Waals surface area (Å²) in [6.45, 7) is 0. The van der Waals surface area contributed by atoms with Crippen LogP contribution in [-0.2, 0) is 11.0 Å². The average Bonchev–Trinajstić information content (AvgIpc) is 2.75. The number of halogens is 4. The second-order valence-corrected chi connectivity index (χ2v) is 7.06. The molecule has 3 N–H and O–H groups in total. The fourth-order valence-corrected chi connectivity index (χ4v) is 3.05. The molecular formula is C21H18ClF3N4O3. The van der Waals surface area contributed by atoms with Crippen molar-refractivity contribution < 1.29 is 27.5 Å². The zero-order valence-corrected chi connectivity index (χ0v) is 17.4. The molecule has 3 amide bonds. The van der Waals surface area contributed by atoms with E-state index in [1.165, 1.54) is 19.3 Å². The van der Waals surface area contributed by atoms with Crippen LogP contribution in [0.25, 0.3) is 0 Å². The van der Waals surface area contributed by atoms with E-state index in [1.54, 1.807) is 30.3 Å². The number of carbonyl (C=O) groups excluding carboxylic acids is 2. The highest BCUT2D eigenvalue weighted by molar-refractivity contribution is 6.39. The van der Waals surface area contributed by atoms with Gasteiger partial charge in [0.1, 0.15) is 17.6 Å². The Morgan fingerprint density at radius 1 is 1.09 bits per heavy atom. The van der Waals surface area contributed by atoms with Crippen LogP contribution in [0, 0.1) is 0 Å². The molecule has 0 aliphatic carbocycles. The first-order valence-electron chi connectivity index (χ1n) is 9.32. The molecule has 0 aromatic heterocycles. The molecule has 1 aliphatic heterocycles. The number of nitrogens with zero attached hydrogens (tertiary/aromatic N) is 1. The lowest BCUT2D eigenvalue weighted by Gasteiger charge is -2.19. The topological polar surface area (TPSA) is 91.8 Å². The lowest BCUT2D eigenvalue weighted by molar-refractivity contribution is -0.137. The summed E-state index contributed by atoms with van der Waals surface area (Å²) < 4.78 is 44.6. The molecule has 7 nitrogen and oxygen atoms in total. The number of nitrogens with one attached hydrogen (secondary N) is 3. The van der Waals surface area contributed by atoms with Gasteiger partial charge >= 0.3 is 12.2 Å². The van der Waals surface area contributed by atoms with E-state index < -0.39 is 22.8 Å². The van der Waals surface area contributed by atoms with Gasteiger partial charge in [0.2, 0.25) is 0 Å². The molecule has 2 aromatic rings. The quantitative estimate of drug-likeness (QED) is 0.588. The van der Waals surface area contributed by atoms with Crippen LogP contribution in [-0.4, -0.2) is 30.8 Å². The third-order valence-corrected chi connectivity index (χ3v) is 4.67. The number of amides is 3. The van der Waals surface area contributed by atoms with E-state index >= 15 is 0 Å². The summed E-state index contributed by atoms with van der Waals surface area (Å²) in [5, 5.41) is 6.90. The largest absolute Gasteiger partial charge is 0.486 e. The van der Waals surface area contributed by atoms with Crippen LogP contribution >= 0.6 is 11.6 Å². The van der Waals surface area contributed by atoms with E-state index in [4.69, 9.17) is 16.3 Å². The highest BCUT2D eigenvalue weighted by atomic mass is 35.5. The van der Waals surface area contributed by atoms with Crippen molar-refractivity contribution in [2.24, 2.45) is 4.99 Å². The van der Waals surface area contributed by atoms with Crippen LogP contribution in [0.3, 0.4) is 0 Å². The predicted octanol–water partition coefficient (Wildman–Crippen LogP) is 4.85. The van der Waals surface area contributed by atoms with Crippen LogP contribution in [0.1, 0.15) is 12.0 Å². The number of alkyl halides is 3. The Labute approximate surface area is 186 Å². The molecule has 32 heavy (non-hydrogen) atoms. The van der Waals surface area contributed by atoms with Gasteiger partial charge in [0, 0.05) is 31.0 Å². The second kappa shape index (κ2) is 9.73. The number of rotatable bonds is 5. The molecule has 1 unspecified atom stereocenters. The van der Waals surface area contributed by atoms with E-state index in [-0.39, 0.29) is 17.7 Å². The summed E-state index contributed by atoms with van der Waals surface area (Å²) in [7, 11) is 1.52. The van der Waals surface area contributed by atoms with Gasteiger partial charge in [0.25, 0.3) is 5.91 Å². The molecule has 1 aliphatic rings. The van der Waals surface area contributed by atoms with Crippen LogP contribution < -0.4 is 20.7 Å². The van der Waals surface area contributed by atoms with Crippen molar-refractivity contribution in [1.29, 1.82) is 0 Å². The minimum atomic E-state index is -4.64. The van der Waals surface area contributed by atoms with Crippen molar-refractivity contribution in [3.63, 3.8) is 0 Å². The van der Waals surface area contributed by atoms with Crippen LogP contribution in [0.4, 0.5) is 29.3 Å². The number of hydrogen-bond donors (Lipinski definition) is 3. The summed E-state index contributed by atoms with van der Waals surface area (Å²) in [6.07, 6.45) is -1.50. The van der Waals surface area contributed by atoms with Crippen molar-refractivity contribution in [1.82, 2.24) is 5.32 Å². The Morgan fingerprint density at radius 3 is 2.41 bits per heavy atom. The van der Waals surface area contributed by atoms with Gasteiger partial charge in [-0.3, -0.25) is 9.79 Å². The van der Waals surface area contributed by atoms with Gasteiger partial charge in [-0.05, 0) is 48.5 Å². The van der Waals surface area contributed by atoms with E-state index in [9.17, 15) is 22.8 Å². The fourth-order valence-electron chi connectivity index (χ4n) is 2.82. The van der Waals surface area contributed by atoms with Gasteiger partial charge in [-0.1, -0.05) is 11.6 Å². The molecule has 3 rings (SSSR count). The summed E-state index contributed by atoms with van der Waals surface area (Å²) in [5.74, 6) is 0.216. The molecule has 1 atom stereocenters. The number of aliphatic imine (C=N–C) groups is 1. The van der Waals surface area contributed by atoms with Crippen molar-refractivity contribution in [2.45, 2.75) is 18.7 Å². The lowest BCUT2D eigenvalue weighted by Crippen LogP contribution is -2.32. The van der Waals surface area contributed by atoms with Crippen molar-refractivity contribution >= 4 is 40.6 Å². The number of ether oxygens (including phenoxy) is 1. The monoisotopic (exact) mass is 466 g/mol. The summed E-state index contributed by atoms with van der Waals surface area (Å²) in [5.41, 5.74) is -0.353. The molecule has 0 saturated carbocycles. The Bertz CT molecular complexity index is 1070. The lowest BCUT2D eigenvalue weighted by atomic mass is 10.1. The minimum absolute atomic E-state index is 0.0585. The Morgan fingerprint density at radius 2 is 1.75 bits per heavy atom. The molecule has 2 aromatic carbocycles. The summed E-state index contributed by atoms with van der Waals surface area (Å²) >= 11 is 5.57.